The third kappa shape index (κ3) is 3.93. The second-order valence-electron chi connectivity index (χ2n) is 5.74. The summed E-state index contributed by atoms with van der Waals surface area (Å²) in [5.74, 6) is -0.0682. The molecule has 2 heterocycles. The molecule has 2 fully saturated rings. The molecule has 0 bridgehead atoms. The average molecular weight is 283 g/mol. The summed E-state index contributed by atoms with van der Waals surface area (Å²) in [5, 5.41) is 3.24. The molecular weight excluding hydrogens is 258 g/mol. The van der Waals surface area contributed by atoms with E-state index >= 15 is 0 Å². The third-order valence-corrected chi connectivity index (χ3v) is 3.78. The molecule has 114 valence electrons. The molecule has 0 spiro atoms. The van der Waals surface area contributed by atoms with Gasteiger partial charge < -0.3 is 15.0 Å². The summed E-state index contributed by atoms with van der Waals surface area (Å²) in [6.45, 7) is 7.94. The van der Waals surface area contributed by atoms with E-state index in [0.717, 1.165) is 45.6 Å². The number of nitrogens with one attached hydrogen (secondary N) is 1. The van der Waals surface area contributed by atoms with Crippen LogP contribution in [0.3, 0.4) is 0 Å². The molecule has 1 amide bonds. The highest BCUT2D eigenvalue weighted by atomic mass is 16.5. The Kier molecular flexibility index (Phi) is 5.37. The van der Waals surface area contributed by atoms with Gasteiger partial charge in [0.1, 0.15) is 0 Å². The van der Waals surface area contributed by atoms with Crippen molar-refractivity contribution in [3.63, 3.8) is 0 Å². The number of rotatable bonds is 4. The number of hydrogen-bond acceptors (Lipinski definition) is 5. The normalized spacial score (nSPS) is 24.1. The summed E-state index contributed by atoms with van der Waals surface area (Å²) >= 11 is 0. The Labute approximate surface area is 120 Å². The molecule has 0 aliphatic carbocycles. The predicted octanol–water partition coefficient (Wildman–Crippen LogP) is -0.166. The highest BCUT2D eigenvalue weighted by Gasteiger charge is 2.35. The quantitative estimate of drug-likeness (QED) is 0.726. The van der Waals surface area contributed by atoms with E-state index in [1.807, 2.05) is 23.6 Å². The molecule has 6 nitrogen and oxygen atoms in total. The first-order valence-electron chi connectivity index (χ1n) is 7.51. The van der Waals surface area contributed by atoms with Crippen molar-refractivity contribution in [2.24, 2.45) is 0 Å². The fraction of sp³-hybridized carbons (Fsp3) is 0.857. The van der Waals surface area contributed by atoms with Gasteiger partial charge in [-0.3, -0.25) is 14.5 Å². The Balaban J connectivity index is 1.89. The van der Waals surface area contributed by atoms with Crippen LogP contribution in [0, 0.1) is 0 Å². The van der Waals surface area contributed by atoms with Crippen LogP contribution < -0.4 is 5.32 Å². The number of carbonyl (C=O) groups is 2. The van der Waals surface area contributed by atoms with Gasteiger partial charge in [0.25, 0.3) is 0 Å². The predicted molar refractivity (Wildman–Crippen MR) is 75.3 cm³/mol. The fourth-order valence-corrected chi connectivity index (χ4v) is 2.86. The molecule has 20 heavy (non-hydrogen) atoms. The molecule has 2 saturated heterocycles. The number of carbonyl (C=O) groups excluding carboxylic acids is 2. The van der Waals surface area contributed by atoms with E-state index in [4.69, 9.17) is 4.74 Å². The number of likely N-dealkylation sites (tertiary alicyclic amines) is 1. The lowest BCUT2D eigenvalue weighted by molar-refractivity contribution is -0.150. The number of piperazine rings is 1. The van der Waals surface area contributed by atoms with Crippen LogP contribution in [0.25, 0.3) is 0 Å². The Bertz CT molecular complexity index is 354. The van der Waals surface area contributed by atoms with E-state index in [1.54, 1.807) is 0 Å². The summed E-state index contributed by atoms with van der Waals surface area (Å²) in [4.78, 5) is 28.2. The summed E-state index contributed by atoms with van der Waals surface area (Å²) < 4.78 is 5.17. The van der Waals surface area contributed by atoms with E-state index in [0.29, 0.717) is 0 Å². The SMILES string of the molecule is CC(C)OC(=O)CN1CCCC1C(=O)N1CCNCC1. The smallest absolute Gasteiger partial charge is 0.320 e. The van der Waals surface area contributed by atoms with Crippen LogP contribution >= 0.6 is 0 Å². The van der Waals surface area contributed by atoms with Crippen LogP contribution in [0.15, 0.2) is 0 Å². The maximum absolute atomic E-state index is 12.5. The van der Waals surface area contributed by atoms with Crippen LogP contribution in [-0.2, 0) is 14.3 Å². The van der Waals surface area contributed by atoms with E-state index < -0.39 is 0 Å². The lowest BCUT2D eigenvalue weighted by Crippen LogP contribution is -2.53. The Hall–Kier alpha value is -1.14. The molecule has 1 atom stereocenters. The second-order valence-corrected chi connectivity index (χ2v) is 5.74. The third-order valence-electron chi connectivity index (χ3n) is 3.78. The van der Waals surface area contributed by atoms with Crippen molar-refractivity contribution in [3.8, 4) is 0 Å². The van der Waals surface area contributed by atoms with Crippen molar-refractivity contribution in [2.45, 2.75) is 38.8 Å². The largest absolute Gasteiger partial charge is 0.462 e. The molecule has 0 saturated carbocycles. The minimum Gasteiger partial charge on any atom is -0.462 e. The molecule has 0 aromatic heterocycles. The minimum atomic E-state index is -0.236. The fourth-order valence-electron chi connectivity index (χ4n) is 2.86. The molecule has 0 aromatic rings. The molecule has 6 heteroatoms. The summed E-state index contributed by atoms with van der Waals surface area (Å²) in [5.41, 5.74) is 0. The number of nitrogens with zero attached hydrogens (tertiary/aromatic N) is 2. The highest BCUT2D eigenvalue weighted by Crippen LogP contribution is 2.19. The highest BCUT2D eigenvalue weighted by molar-refractivity contribution is 5.83. The van der Waals surface area contributed by atoms with Gasteiger partial charge in [0, 0.05) is 26.2 Å². The topological polar surface area (TPSA) is 61.9 Å². The zero-order valence-corrected chi connectivity index (χ0v) is 12.4. The van der Waals surface area contributed by atoms with Crippen LogP contribution in [0.4, 0.5) is 0 Å². The van der Waals surface area contributed by atoms with Crippen LogP contribution in [0.5, 0.6) is 0 Å². The summed E-state index contributed by atoms with van der Waals surface area (Å²) in [7, 11) is 0. The van der Waals surface area contributed by atoms with Crippen LogP contribution in [-0.4, -0.2) is 73.1 Å². The Morgan fingerprint density at radius 2 is 1.95 bits per heavy atom. The van der Waals surface area contributed by atoms with Crippen molar-refractivity contribution < 1.29 is 14.3 Å². The molecule has 1 N–H and O–H groups in total. The van der Waals surface area contributed by atoms with Crippen molar-refractivity contribution in [1.29, 1.82) is 0 Å². The van der Waals surface area contributed by atoms with Crippen molar-refractivity contribution >= 4 is 11.9 Å². The van der Waals surface area contributed by atoms with Gasteiger partial charge in [-0.2, -0.15) is 0 Å². The Morgan fingerprint density at radius 3 is 2.60 bits per heavy atom. The summed E-state index contributed by atoms with van der Waals surface area (Å²) in [6, 6.07) is -0.146. The number of esters is 1. The second kappa shape index (κ2) is 7.04. The monoisotopic (exact) mass is 283 g/mol. The van der Waals surface area contributed by atoms with Gasteiger partial charge in [0.05, 0.1) is 18.7 Å². The van der Waals surface area contributed by atoms with Gasteiger partial charge in [-0.25, -0.2) is 0 Å². The van der Waals surface area contributed by atoms with Gasteiger partial charge in [0.15, 0.2) is 0 Å². The molecule has 2 aliphatic rings. The van der Waals surface area contributed by atoms with E-state index in [-0.39, 0.29) is 30.6 Å². The van der Waals surface area contributed by atoms with E-state index in [1.165, 1.54) is 0 Å². The number of amides is 1. The molecule has 2 rings (SSSR count). The molecular formula is C14H25N3O3. The zero-order valence-electron chi connectivity index (χ0n) is 12.4. The van der Waals surface area contributed by atoms with Gasteiger partial charge in [0.2, 0.25) is 5.91 Å². The van der Waals surface area contributed by atoms with Gasteiger partial charge in [-0.1, -0.05) is 0 Å². The first-order valence-corrected chi connectivity index (χ1v) is 7.51. The lowest BCUT2D eigenvalue weighted by atomic mass is 10.1. The molecule has 1 unspecified atom stereocenters. The summed E-state index contributed by atoms with van der Waals surface area (Å²) in [6.07, 6.45) is 1.71. The zero-order chi connectivity index (χ0) is 14.5. The first kappa shape index (κ1) is 15.3. The van der Waals surface area contributed by atoms with Crippen LogP contribution in [0.2, 0.25) is 0 Å². The molecule has 2 aliphatic heterocycles. The molecule has 0 aromatic carbocycles. The maximum atomic E-state index is 12.5. The van der Waals surface area contributed by atoms with E-state index in [9.17, 15) is 9.59 Å². The minimum absolute atomic E-state index is 0.104. The first-order chi connectivity index (χ1) is 9.58. The van der Waals surface area contributed by atoms with E-state index in [2.05, 4.69) is 5.32 Å². The van der Waals surface area contributed by atoms with Crippen LogP contribution in [0.1, 0.15) is 26.7 Å². The Morgan fingerprint density at radius 1 is 1.25 bits per heavy atom. The van der Waals surface area contributed by atoms with Crippen molar-refractivity contribution in [1.82, 2.24) is 15.1 Å². The number of ether oxygens (including phenoxy) is 1. The van der Waals surface area contributed by atoms with Crippen molar-refractivity contribution in [3.05, 3.63) is 0 Å². The standard InChI is InChI=1S/C14H25N3O3/c1-11(2)20-13(18)10-17-7-3-4-12(17)14(19)16-8-5-15-6-9-16/h11-12,15H,3-10H2,1-2H3. The average Bonchev–Trinajstić information content (AvgIpc) is 2.86. The maximum Gasteiger partial charge on any atom is 0.320 e. The van der Waals surface area contributed by atoms with Gasteiger partial charge >= 0.3 is 5.97 Å². The lowest BCUT2D eigenvalue weighted by Gasteiger charge is -2.32. The number of hydrogen-bond donors (Lipinski definition) is 1. The van der Waals surface area contributed by atoms with Gasteiger partial charge in [-0.15, -0.1) is 0 Å². The van der Waals surface area contributed by atoms with Crippen molar-refractivity contribution in [2.75, 3.05) is 39.3 Å². The molecule has 0 radical (unpaired) electrons. The van der Waals surface area contributed by atoms with Gasteiger partial charge in [-0.05, 0) is 33.2 Å².